The van der Waals surface area contributed by atoms with Crippen LogP contribution in [0.15, 0.2) is 40.4 Å². The predicted octanol–water partition coefficient (Wildman–Crippen LogP) is 3.87. The lowest BCUT2D eigenvalue weighted by molar-refractivity contribution is -0.124. The molecule has 2 nitrogen and oxygen atoms in total. The van der Waals surface area contributed by atoms with Crippen LogP contribution < -0.4 is 0 Å². The molecule has 0 heterocycles. The highest BCUT2D eigenvalue weighted by Crippen LogP contribution is 2.22. The van der Waals surface area contributed by atoms with E-state index in [4.69, 9.17) is 6.42 Å². The lowest BCUT2D eigenvalue weighted by Crippen LogP contribution is -2.27. The first-order valence-electron chi connectivity index (χ1n) is 6.43. The third kappa shape index (κ3) is 3.48. The molecule has 0 radical (unpaired) electrons. The second-order valence-electron chi connectivity index (χ2n) is 4.59. The van der Waals surface area contributed by atoms with E-state index in [1.165, 1.54) is 4.90 Å². The smallest absolute Gasteiger partial charge is 0.261 e. The summed E-state index contributed by atoms with van der Waals surface area (Å²) in [4.78, 5) is 13.8. The zero-order valence-corrected chi connectivity index (χ0v) is 12.3. The number of rotatable bonds is 3. The monoisotopic (exact) mass is 317 g/mol. The number of hydrogen-bond acceptors (Lipinski definition) is 1. The Bertz CT molecular complexity index is 542. The van der Waals surface area contributed by atoms with Crippen molar-refractivity contribution >= 4 is 21.8 Å². The largest absolute Gasteiger partial charge is 0.268 e. The van der Waals surface area contributed by atoms with Gasteiger partial charge in [-0.05, 0) is 37.3 Å². The number of allylic oxidation sites excluding steroid dienone is 1. The van der Waals surface area contributed by atoms with Gasteiger partial charge in [-0.15, -0.1) is 0 Å². The van der Waals surface area contributed by atoms with Crippen LogP contribution in [0.2, 0.25) is 0 Å². The number of amides is 1. The number of hydrogen-bond donors (Lipinski definition) is 0. The molecule has 0 bridgehead atoms. The normalized spacial score (nSPS) is 14.4. The molecule has 0 saturated heterocycles. The molecule has 2 rings (SSSR count). The van der Waals surface area contributed by atoms with Crippen molar-refractivity contribution in [3.05, 3.63) is 46.0 Å². The van der Waals surface area contributed by atoms with Gasteiger partial charge in [0.25, 0.3) is 5.91 Å². The van der Waals surface area contributed by atoms with E-state index in [1.54, 1.807) is 0 Å². The van der Waals surface area contributed by atoms with E-state index in [0.717, 1.165) is 41.3 Å². The maximum Gasteiger partial charge on any atom is 0.261 e. The van der Waals surface area contributed by atoms with E-state index in [1.807, 2.05) is 30.3 Å². The number of carbonyl (C=O) groups excluding carboxylic acids is 1. The topological polar surface area (TPSA) is 20.3 Å². The van der Waals surface area contributed by atoms with Crippen LogP contribution in [0.1, 0.15) is 31.2 Å². The average molecular weight is 318 g/mol. The SMILES string of the molecule is C#CN(Cc1ccccc1Br)C(=O)C1=CCCCC1. The number of halogens is 1. The summed E-state index contributed by atoms with van der Waals surface area (Å²) in [6.07, 6.45) is 11.6. The van der Waals surface area contributed by atoms with Gasteiger partial charge in [0.1, 0.15) is 0 Å². The first-order valence-corrected chi connectivity index (χ1v) is 7.22. The summed E-state index contributed by atoms with van der Waals surface area (Å²) < 4.78 is 0.973. The fourth-order valence-electron chi connectivity index (χ4n) is 2.18. The predicted molar refractivity (Wildman–Crippen MR) is 80.1 cm³/mol. The summed E-state index contributed by atoms with van der Waals surface area (Å²) in [6.45, 7) is 0.439. The molecule has 19 heavy (non-hydrogen) atoms. The Kier molecular flexibility index (Phi) is 4.81. The van der Waals surface area contributed by atoms with Crippen molar-refractivity contribution in [2.24, 2.45) is 0 Å². The summed E-state index contributed by atoms with van der Waals surface area (Å²) in [5.74, 6) is -0.0297. The molecule has 0 spiro atoms. The van der Waals surface area contributed by atoms with Crippen LogP contribution in [0.25, 0.3) is 0 Å². The van der Waals surface area contributed by atoms with Gasteiger partial charge in [-0.2, -0.15) is 0 Å². The van der Waals surface area contributed by atoms with Gasteiger partial charge in [0, 0.05) is 16.1 Å². The zero-order chi connectivity index (χ0) is 13.7. The molecule has 1 aliphatic rings. The number of nitrogens with zero attached hydrogens (tertiary/aromatic N) is 1. The highest BCUT2D eigenvalue weighted by atomic mass is 79.9. The van der Waals surface area contributed by atoms with E-state index >= 15 is 0 Å². The van der Waals surface area contributed by atoms with Gasteiger partial charge in [0.15, 0.2) is 0 Å². The van der Waals surface area contributed by atoms with Gasteiger partial charge in [-0.1, -0.05) is 46.6 Å². The van der Waals surface area contributed by atoms with Gasteiger partial charge in [-0.3, -0.25) is 9.69 Å². The minimum atomic E-state index is -0.0297. The molecule has 0 fully saturated rings. The van der Waals surface area contributed by atoms with E-state index in [-0.39, 0.29) is 5.91 Å². The van der Waals surface area contributed by atoms with E-state index < -0.39 is 0 Å². The molecule has 3 heteroatoms. The van der Waals surface area contributed by atoms with Crippen molar-refractivity contribution in [3.8, 4) is 12.5 Å². The van der Waals surface area contributed by atoms with Crippen LogP contribution in [0, 0.1) is 12.5 Å². The average Bonchev–Trinajstić information content (AvgIpc) is 2.47. The molecule has 1 aromatic rings. The standard InChI is InChI=1S/C16H16BrNO/c1-2-18(12-14-10-6-7-11-15(14)17)16(19)13-8-4-3-5-9-13/h1,6-8,10-11H,3-5,9,12H2. The molecule has 1 amide bonds. The van der Waals surface area contributed by atoms with Gasteiger partial charge in [-0.25, -0.2) is 0 Å². The number of benzene rings is 1. The molecule has 1 aliphatic carbocycles. The van der Waals surface area contributed by atoms with E-state index in [9.17, 15) is 4.79 Å². The van der Waals surface area contributed by atoms with Crippen LogP contribution >= 0.6 is 15.9 Å². The molecular formula is C16H16BrNO. The molecule has 0 aliphatic heterocycles. The second kappa shape index (κ2) is 6.58. The van der Waals surface area contributed by atoms with Gasteiger partial charge >= 0.3 is 0 Å². The highest BCUT2D eigenvalue weighted by molar-refractivity contribution is 9.10. The maximum atomic E-state index is 12.3. The van der Waals surface area contributed by atoms with E-state index in [2.05, 4.69) is 22.0 Å². The molecule has 0 atom stereocenters. The van der Waals surface area contributed by atoms with Crippen molar-refractivity contribution in [2.45, 2.75) is 32.2 Å². The quantitative estimate of drug-likeness (QED) is 0.612. The minimum absolute atomic E-state index is 0.0297. The second-order valence-corrected chi connectivity index (χ2v) is 5.44. The van der Waals surface area contributed by atoms with Gasteiger partial charge < -0.3 is 0 Å². The van der Waals surface area contributed by atoms with Crippen molar-refractivity contribution in [2.75, 3.05) is 0 Å². The van der Waals surface area contributed by atoms with Crippen LogP contribution in [0.5, 0.6) is 0 Å². The molecular weight excluding hydrogens is 302 g/mol. The molecule has 0 unspecified atom stereocenters. The van der Waals surface area contributed by atoms with Crippen molar-refractivity contribution in [3.63, 3.8) is 0 Å². The van der Waals surface area contributed by atoms with Crippen molar-refractivity contribution in [1.82, 2.24) is 4.90 Å². The summed E-state index contributed by atoms with van der Waals surface area (Å²) in [5, 5.41) is 0. The maximum absolute atomic E-state index is 12.3. The summed E-state index contributed by atoms with van der Waals surface area (Å²) >= 11 is 3.48. The third-order valence-corrected chi connectivity index (χ3v) is 4.03. The summed E-state index contributed by atoms with van der Waals surface area (Å²) in [6, 6.07) is 10.3. The van der Waals surface area contributed by atoms with Crippen LogP contribution in [0.4, 0.5) is 0 Å². The lowest BCUT2D eigenvalue weighted by Gasteiger charge is -2.20. The number of terminal acetylenes is 1. The van der Waals surface area contributed by atoms with Gasteiger partial charge in [0.05, 0.1) is 6.54 Å². The van der Waals surface area contributed by atoms with Crippen molar-refractivity contribution in [1.29, 1.82) is 0 Å². The molecule has 0 aromatic heterocycles. The molecule has 0 saturated carbocycles. The molecule has 98 valence electrons. The lowest BCUT2D eigenvalue weighted by atomic mass is 9.98. The first kappa shape index (κ1) is 13.9. The first-order chi connectivity index (χ1) is 9.22. The van der Waals surface area contributed by atoms with Crippen LogP contribution in [0.3, 0.4) is 0 Å². The van der Waals surface area contributed by atoms with Crippen molar-refractivity contribution < 1.29 is 4.79 Å². The Hall–Kier alpha value is -1.53. The Labute approximate surface area is 122 Å². The Balaban J connectivity index is 2.13. The Morgan fingerprint density at radius 1 is 1.37 bits per heavy atom. The Morgan fingerprint density at radius 2 is 2.16 bits per heavy atom. The summed E-state index contributed by atoms with van der Waals surface area (Å²) in [7, 11) is 0. The van der Waals surface area contributed by atoms with Crippen LogP contribution in [-0.4, -0.2) is 10.8 Å². The fourth-order valence-corrected chi connectivity index (χ4v) is 2.59. The third-order valence-electron chi connectivity index (χ3n) is 3.25. The molecule has 1 aromatic carbocycles. The fraction of sp³-hybridized carbons (Fsp3) is 0.312. The Morgan fingerprint density at radius 3 is 2.79 bits per heavy atom. The van der Waals surface area contributed by atoms with E-state index in [0.29, 0.717) is 6.54 Å². The zero-order valence-electron chi connectivity index (χ0n) is 10.7. The highest BCUT2D eigenvalue weighted by Gasteiger charge is 2.19. The van der Waals surface area contributed by atoms with Gasteiger partial charge in [0.2, 0.25) is 0 Å². The minimum Gasteiger partial charge on any atom is -0.268 e. The summed E-state index contributed by atoms with van der Waals surface area (Å²) in [5.41, 5.74) is 1.88. The molecule has 0 N–H and O–H groups in total. The van der Waals surface area contributed by atoms with Crippen LogP contribution in [-0.2, 0) is 11.3 Å². The number of carbonyl (C=O) groups is 1.